The standard InChI is InChI=1S/C17H18BrN5O4/c18-12-8-6-11(7-9-12)16(24)22-21-15-14(23(25)26)17(20-10-19-15)27-13-4-2-1-3-5-13/h6-10,13H,1-5H2,(H,22,24)(H,19,20,21). The molecule has 0 atom stereocenters. The Bertz CT molecular complexity index is 825. The van der Waals surface area contributed by atoms with Crippen LogP contribution in [0.4, 0.5) is 11.5 Å². The van der Waals surface area contributed by atoms with Crippen molar-refractivity contribution in [2.75, 3.05) is 5.43 Å². The molecule has 1 aromatic heterocycles. The molecule has 1 aliphatic carbocycles. The normalized spacial score (nSPS) is 14.4. The second-order valence-corrected chi connectivity index (χ2v) is 7.01. The van der Waals surface area contributed by atoms with E-state index in [0.717, 1.165) is 36.6 Å². The number of aromatic nitrogens is 2. The van der Waals surface area contributed by atoms with Crippen LogP contribution in [0.15, 0.2) is 35.1 Å². The highest BCUT2D eigenvalue weighted by atomic mass is 79.9. The average molecular weight is 436 g/mol. The summed E-state index contributed by atoms with van der Waals surface area (Å²) >= 11 is 3.29. The highest BCUT2D eigenvalue weighted by molar-refractivity contribution is 9.10. The maximum absolute atomic E-state index is 12.2. The molecule has 1 aliphatic rings. The summed E-state index contributed by atoms with van der Waals surface area (Å²) in [6.07, 6.45) is 5.93. The van der Waals surface area contributed by atoms with Crippen molar-refractivity contribution in [2.45, 2.75) is 38.2 Å². The van der Waals surface area contributed by atoms with E-state index in [4.69, 9.17) is 4.74 Å². The number of hydrogen-bond acceptors (Lipinski definition) is 7. The Kier molecular flexibility index (Phi) is 6.17. The fraction of sp³-hybridized carbons (Fsp3) is 0.353. The maximum Gasteiger partial charge on any atom is 0.374 e. The van der Waals surface area contributed by atoms with Gasteiger partial charge in [-0.1, -0.05) is 22.4 Å². The molecular weight excluding hydrogens is 418 g/mol. The number of ether oxygens (including phenoxy) is 1. The summed E-state index contributed by atoms with van der Waals surface area (Å²) in [7, 11) is 0. The minimum Gasteiger partial charge on any atom is -0.469 e. The SMILES string of the molecule is O=C(NNc1ncnc(OC2CCCCC2)c1[N+](=O)[O-])c1ccc(Br)cc1. The molecular formula is C17H18BrN5O4. The lowest BCUT2D eigenvalue weighted by Crippen LogP contribution is -2.30. The van der Waals surface area contributed by atoms with E-state index in [1.807, 2.05) is 0 Å². The van der Waals surface area contributed by atoms with E-state index in [1.165, 1.54) is 6.33 Å². The van der Waals surface area contributed by atoms with Crippen molar-refractivity contribution < 1.29 is 14.5 Å². The van der Waals surface area contributed by atoms with Gasteiger partial charge in [-0.15, -0.1) is 0 Å². The molecule has 0 spiro atoms. The van der Waals surface area contributed by atoms with Crippen LogP contribution in [0.5, 0.6) is 5.88 Å². The van der Waals surface area contributed by atoms with Gasteiger partial charge in [0.1, 0.15) is 12.4 Å². The van der Waals surface area contributed by atoms with Gasteiger partial charge in [0.2, 0.25) is 5.82 Å². The second-order valence-electron chi connectivity index (χ2n) is 6.10. The molecule has 1 aromatic carbocycles. The van der Waals surface area contributed by atoms with Crippen LogP contribution in [-0.2, 0) is 0 Å². The third-order valence-electron chi connectivity index (χ3n) is 4.20. The van der Waals surface area contributed by atoms with Crippen molar-refractivity contribution >= 4 is 33.3 Å². The van der Waals surface area contributed by atoms with E-state index in [-0.39, 0.29) is 17.8 Å². The Balaban J connectivity index is 1.74. The van der Waals surface area contributed by atoms with E-state index < -0.39 is 16.5 Å². The zero-order chi connectivity index (χ0) is 19.2. The van der Waals surface area contributed by atoms with Gasteiger partial charge in [0.25, 0.3) is 11.8 Å². The molecule has 2 aromatic rings. The number of halogens is 1. The zero-order valence-corrected chi connectivity index (χ0v) is 15.9. The Morgan fingerprint density at radius 1 is 1.19 bits per heavy atom. The number of amides is 1. The number of anilines is 1. The fourth-order valence-corrected chi connectivity index (χ4v) is 3.10. The molecule has 1 amide bonds. The van der Waals surface area contributed by atoms with Crippen LogP contribution >= 0.6 is 15.9 Å². The predicted octanol–water partition coefficient (Wildman–Crippen LogP) is 3.62. The minimum absolute atomic E-state index is 0.0951. The summed E-state index contributed by atoms with van der Waals surface area (Å²) in [6, 6.07) is 6.68. The largest absolute Gasteiger partial charge is 0.469 e. The molecule has 142 valence electrons. The van der Waals surface area contributed by atoms with Gasteiger partial charge in [0, 0.05) is 10.0 Å². The van der Waals surface area contributed by atoms with Crippen molar-refractivity contribution in [1.29, 1.82) is 0 Å². The van der Waals surface area contributed by atoms with Crippen LogP contribution in [0.1, 0.15) is 42.5 Å². The van der Waals surface area contributed by atoms with Gasteiger partial charge in [-0.05, 0) is 49.9 Å². The van der Waals surface area contributed by atoms with Gasteiger partial charge >= 0.3 is 5.69 Å². The molecule has 0 unspecified atom stereocenters. The first-order valence-corrected chi connectivity index (χ1v) is 9.32. The first kappa shape index (κ1) is 19.0. The molecule has 1 heterocycles. The van der Waals surface area contributed by atoms with E-state index >= 15 is 0 Å². The zero-order valence-electron chi connectivity index (χ0n) is 14.4. The van der Waals surface area contributed by atoms with E-state index in [1.54, 1.807) is 24.3 Å². The lowest BCUT2D eigenvalue weighted by molar-refractivity contribution is -0.385. The number of nitro groups is 1. The van der Waals surface area contributed by atoms with Crippen molar-refractivity contribution in [1.82, 2.24) is 15.4 Å². The Hall–Kier alpha value is -2.75. The van der Waals surface area contributed by atoms with Crippen molar-refractivity contribution in [3.05, 3.63) is 50.7 Å². The van der Waals surface area contributed by atoms with Crippen molar-refractivity contribution in [3.63, 3.8) is 0 Å². The van der Waals surface area contributed by atoms with Crippen LogP contribution in [0.3, 0.4) is 0 Å². The number of carbonyl (C=O) groups is 1. The third kappa shape index (κ3) is 4.91. The number of nitrogens with one attached hydrogen (secondary N) is 2. The lowest BCUT2D eigenvalue weighted by Gasteiger charge is -2.22. The molecule has 10 heteroatoms. The van der Waals surface area contributed by atoms with E-state index in [2.05, 4.69) is 36.7 Å². The van der Waals surface area contributed by atoms with Gasteiger partial charge in [-0.25, -0.2) is 4.98 Å². The molecule has 0 bridgehead atoms. The first-order valence-electron chi connectivity index (χ1n) is 8.52. The summed E-state index contributed by atoms with van der Waals surface area (Å²) in [5, 5.41) is 11.5. The van der Waals surface area contributed by atoms with Crippen LogP contribution in [0.2, 0.25) is 0 Å². The quantitative estimate of drug-likeness (QED) is 0.524. The predicted molar refractivity (Wildman–Crippen MR) is 101 cm³/mol. The van der Waals surface area contributed by atoms with Gasteiger partial charge in [-0.3, -0.25) is 25.8 Å². The number of nitrogens with zero attached hydrogens (tertiary/aromatic N) is 3. The molecule has 0 saturated heterocycles. The Morgan fingerprint density at radius 3 is 2.56 bits per heavy atom. The topological polar surface area (TPSA) is 119 Å². The maximum atomic E-state index is 12.2. The number of benzene rings is 1. The smallest absolute Gasteiger partial charge is 0.374 e. The van der Waals surface area contributed by atoms with E-state index in [9.17, 15) is 14.9 Å². The highest BCUT2D eigenvalue weighted by Gasteiger charge is 2.27. The fourth-order valence-electron chi connectivity index (χ4n) is 2.84. The molecule has 0 aliphatic heterocycles. The summed E-state index contributed by atoms with van der Waals surface area (Å²) in [4.78, 5) is 30.9. The number of rotatable bonds is 6. The second kappa shape index (κ2) is 8.76. The number of carbonyl (C=O) groups excluding carboxylic acids is 1. The Morgan fingerprint density at radius 2 is 1.89 bits per heavy atom. The summed E-state index contributed by atoms with van der Waals surface area (Å²) in [6.45, 7) is 0. The summed E-state index contributed by atoms with van der Waals surface area (Å²) in [5.74, 6) is -0.682. The van der Waals surface area contributed by atoms with Crippen molar-refractivity contribution in [2.24, 2.45) is 0 Å². The molecule has 27 heavy (non-hydrogen) atoms. The van der Waals surface area contributed by atoms with Crippen LogP contribution in [0, 0.1) is 10.1 Å². The van der Waals surface area contributed by atoms with Gasteiger partial charge in [-0.2, -0.15) is 4.98 Å². The van der Waals surface area contributed by atoms with Crippen LogP contribution < -0.4 is 15.6 Å². The van der Waals surface area contributed by atoms with Crippen LogP contribution in [0.25, 0.3) is 0 Å². The Labute approximate surface area is 163 Å². The lowest BCUT2D eigenvalue weighted by atomic mass is 9.98. The molecule has 1 fully saturated rings. The molecule has 9 nitrogen and oxygen atoms in total. The van der Waals surface area contributed by atoms with Gasteiger partial charge in [0.15, 0.2) is 0 Å². The van der Waals surface area contributed by atoms with Crippen molar-refractivity contribution in [3.8, 4) is 5.88 Å². The van der Waals surface area contributed by atoms with Gasteiger partial charge in [0.05, 0.1) is 4.92 Å². The van der Waals surface area contributed by atoms with Gasteiger partial charge < -0.3 is 4.74 Å². The first-order chi connectivity index (χ1) is 13.0. The average Bonchev–Trinajstić information content (AvgIpc) is 2.67. The number of hydrogen-bond donors (Lipinski definition) is 2. The van der Waals surface area contributed by atoms with Crippen LogP contribution in [-0.4, -0.2) is 26.9 Å². The molecule has 3 rings (SSSR count). The highest BCUT2D eigenvalue weighted by Crippen LogP contribution is 2.33. The molecule has 1 saturated carbocycles. The minimum atomic E-state index is -0.619. The third-order valence-corrected chi connectivity index (χ3v) is 4.73. The monoisotopic (exact) mass is 435 g/mol. The molecule has 2 N–H and O–H groups in total. The number of hydrazine groups is 1. The summed E-state index contributed by atoms with van der Waals surface area (Å²) in [5.41, 5.74) is 4.89. The van der Waals surface area contributed by atoms with E-state index in [0.29, 0.717) is 5.56 Å². The summed E-state index contributed by atoms with van der Waals surface area (Å²) < 4.78 is 6.58. The molecule has 0 radical (unpaired) electrons.